The van der Waals surface area contributed by atoms with Crippen molar-refractivity contribution in [3.8, 4) is 17.3 Å². The van der Waals surface area contributed by atoms with Crippen molar-refractivity contribution in [3.63, 3.8) is 0 Å². The van der Waals surface area contributed by atoms with Crippen LogP contribution in [-0.2, 0) is 0 Å². The van der Waals surface area contributed by atoms with Gasteiger partial charge in [-0.25, -0.2) is 14.5 Å². The molecule has 12 heteroatoms. The highest BCUT2D eigenvalue weighted by molar-refractivity contribution is 14.1. The minimum absolute atomic E-state index is 0.229. The SMILES string of the molecule is CCCC(I)c1cc(NC(=O)Nc2ccc(Oc3ccnc(Nc4cccc5cn[nH]c45)n3)c3ccccc23)n(-c2ccc(C)cc2)n1. The summed E-state index contributed by atoms with van der Waals surface area (Å²) in [5.74, 6) is 1.92. The second-order valence-electron chi connectivity index (χ2n) is 11.3. The number of ether oxygens (including phenoxy) is 1. The Labute approximate surface area is 290 Å². The molecule has 0 saturated heterocycles. The number of carbonyl (C=O) groups excluding carboxylic acids is 1. The summed E-state index contributed by atoms with van der Waals surface area (Å²) in [6.07, 6.45) is 5.43. The monoisotopic (exact) mass is 749 g/mol. The Morgan fingerprint density at radius 1 is 0.958 bits per heavy atom. The number of nitrogens with one attached hydrogen (secondary N) is 4. The van der Waals surface area contributed by atoms with Gasteiger partial charge in [-0.2, -0.15) is 15.2 Å². The Balaban J connectivity index is 1.11. The molecule has 0 spiro atoms. The first kappa shape index (κ1) is 31.1. The lowest BCUT2D eigenvalue weighted by atomic mass is 10.1. The minimum atomic E-state index is -0.382. The average Bonchev–Trinajstić information content (AvgIpc) is 3.75. The smallest absolute Gasteiger partial charge is 0.324 e. The van der Waals surface area contributed by atoms with Crippen LogP contribution in [0.2, 0.25) is 0 Å². The van der Waals surface area contributed by atoms with Gasteiger partial charge in [0.05, 0.1) is 38.4 Å². The molecule has 1 unspecified atom stereocenters. The number of halogens is 1. The standard InChI is InChI=1S/C36H32IN9O2/c1-3-7-27(37)30-20-32(46(45-30)24-14-12-22(2)13-15-24)42-36(47)41-28-16-17-31(26-10-5-4-9-25(26)28)48-33-18-19-38-35(43-33)40-29-11-6-8-23-21-39-44-34(23)29/h4-6,8-21,27H,3,7H2,1-2H3,(H,39,44)(H,38,40,43)(H2,41,42,47). The summed E-state index contributed by atoms with van der Waals surface area (Å²) >= 11 is 2.41. The number of nitrogens with zero attached hydrogens (tertiary/aromatic N) is 5. The van der Waals surface area contributed by atoms with Crippen LogP contribution in [0.4, 0.5) is 27.9 Å². The van der Waals surface area contributed by atoms with Crippen LogP contribution in [0.15, 0.2) is 103 Å². The quantitative estimate of drug-likeness (QED) is 0.0809. The van der Waals surface area contributed by atoms with E-state index < -0.39 is 0 Å². The van der Waals surface area contributed by atoms with Crippen LogP contribution in [0.1, 0.15) is 34.9 Å². The number of urea groups is 1. The van der Waals surface area contributed by atoms with E-state index in [0.29, 0.717) is 29.1 Å². The predicted octanol–water partition coefficient (Wildman–Crippen LogP) is 9.46. The topological polar surface area (TPSA) is 135 Å². The Morgan fingerprint density at radius 2 is 1.79 bits per heavy atom. The first-order valence-corrected chi connectivity index (χ1v) is 16.8. The molecule has 0 saturated carbocycles. The predicted molar refractivity (Wildman–Crippen MR) is 198 cm³/mol. The number of aryl methyl sites for hydroxylation is 1. The van der Waals surface area contributed by atoms with Gasteiger partial charge in [0, 0.05) is 34.5 Å². The number of aromatic nitrogens is 6. The number of fused-ring (bicyclic) bond motifs is 2. The summed E-state index contributed by atoms with van der Waals surface area (Å²) in [5, 5.41) is 23.9. The molecule has 7 rings (SSSR count). The van der Waals surface area contributed by atoms with E-state index in [1.54, 1.807) is 23.1 Å². The van der Waals surface area contributed by atoms with Crippen LogP contribution in [0.5, 0.6) is 11.6 Å². The summed E-state index contributed by atoms with van der Waals surface area (Å²) in [6.45, 7) is 4.20. The fraction of sp³-hybridized carbons (Fsp3) is 0.139. The van der Waals surface area contributed by atoms with E-state index in [1.807, 2.05) is 91.9 Å². The third kappa shape index (κ3) is 6.65. The van der Waals surface area contributed by atoms with Crippen molar-refractivity contribution in [2.24, 2.45) is 0 Å². The zero-order chi connectivity index (χ0) is 33.0. The van der Waals surface area contributed by atoms with Crippen molar-refractivity contribution >= 4 is 73.4 Å². The molecule has 4 N–H and O–H groups in total. The number of hydrogen-bond acceptors (Lipinski definition) is 7. The highest BCUT2D eigenvalue weighted by atomic mass is 127. The summed E-state index contributed by atoms with van der Waals surface area (Å²) in [4.78, 5) is 22.4. The first-order chi connectivity index (χ1) is 23.4. The number of rotatable bonds is 10. The number of hydrogen-bond donors (Lipinski definition) is 4. The summed E-state index contributed by atoms with van der Waals surface area (Å²) in [5.41, 5.74) is 5.23. The van der Waals surface area contributed by atoms with E-state index in [1.165, 1.54) is 0 Å². The van der Waals surface area contributed by atoms with Gasteiger partial charge in [0.1, 0.15) is 11.6 Å². The van der Waals surface area contributed by atoms with Gasteiger partial charge in [-0.15, -0.1) is 0 Å². The van der Waals surface area contributed by atoms with Crippen molar-refractivity contribution in [1.82, 2.24) is 29.9 Å². The van der Waals surface area contributed by atoms with Gasteiger partial charge in [-0.1, -0.05) is 90.0 Å². The zero-order valence-electron chi connectivity index (χ0n) is 26.2. The largest absolute Gasteiger partial charge is 0.438 e. The maximum absolute atomic E-state index is 13.5. The number of H-pyrrole nitrogens is 1. The lowest BCUT2D eigenvalue weighted by Gasteiger charge is -2.14. The molecule has 0 aliphatic rings. The number of para-hydroxylation sites is 1. The van der Waals surface area contributed by atoms with Gasteiger partial charge in [0.25, 0.3) is 0 Å². The molecular formula is C36H32IN9O2. The number of alkyl halides is 1. The van der Waals surface area contributed by atoms with Crippen LogP contribution >= 0.6 is 22.6 Å². The molecule has 11 nitrogen and oxygen atoms in total. The molecule has 7 aromatic rings. The first-order valence-electron chi connectivity index (χ1n) is 15.6. The molecule has 0 aliphatic carbocycles. The number of anilines is 4. The van der Waals surface area contributed by atoms with E-state index in [0.717, 1.165) is 57.1 Å². The Bertz CT molecular complexity index is 2230. The minimum Gasteiger partial charge on any atom is -0.438 e. The molecule has 0 radical (unpaired) electrons. The second kappa shape index (κ2) is 13.7. The number of aromatic amines is 1. The summed E-state index contributed by atoms with van der Waals surface area (Å²) in [7, 11) is 0. The highest BCUT2D eigenvalue weighted by Gasteiger charge is 2.18. The van der Waals surface area contributed by atoms with Gasteiger partial charge in [-0.05, 0) is 43.7 Å². The maximum atomic E-state index is 13.5. The normalized spacial score (nSPS) is 11.8. The molecule has 0 bridgehead atoms. The third-order valence-corrected chi connectivity index (χ3v) is 9.07. The molecule has 48 heavy (non-hydrogen) atoms. The molecule has 0 fully saturated rings. The summed E-state index contributed by atoms with van der Waals surface area (Å²) < 4.78 is 8.28. The Morgan fingerprint density at radius 3 is 2.62 bits per heavy atom. The van der Waals surface area contributed by atoms with Crippen LogP contribution in [-0.4, -0.2) is 36.0 Å². The molecule has 3 heterocycles. The van der Waals surface area contributed by atoms with Crippen molar-refractivity contribution in [3.05, 3.63) is 115 Å². The van der Waals surface area contributed by atoms with Gasteiger partial charge in [-0.3, -0.25) is 10.4 Å². The average molecular weight is 750 g/mol. The highest BCUT2D eigenvalue weighted by Crippen LogP contribution is 2.35. The van der Waals surface area contributed by atoms with Crippen LogP contribution < -0.4 is 20.7 Å². The van der Waals surface area contributed by atoms with Gasteiger partial charge in [0.15, 0.2) is 0 Å². The Hall–Kier alpha value is -5.50. The molecular weight excluding hydrogens is 717 g/mol. The van der Waals surface area contributed by atoms with Crippen molar-refractivity contribution < 1.29 is 9.53 Å². The summed E-state index contributed by atoms with van der Waals surface area (Å²) in [6, 6.07) is 28.5. The number of carbonyl (C=O) groups is 1. The second-order valence-corrected chi connectivity index (χ2v) is 12.8. The molecule has 3 aromatic heterocycles. The van der Waals surface area contributed by atoms with E-state index >= 15 is 0 Å². The van der Waals surface area contributed by atoms with Crippen molar-refractivity contribution in [2.75, 3.05) is 16.0 Å². The Kier molecular flexibility index (Phi) is 8.88. The fourth-order valence-corrected chi connectivity index (χ4v) is 6.36. The van der Waals surface area contributed by atoms with Crippen molar-refractivity contribution in [1.29, 1.82) is 0 Å². The number of amides is 2. The molecule has 2 amide bonds. The van der Waals surface area contributed by atoms with Gasteiger partial charge < -0.3 is 15.4 Å². The lowest BCUT2D eigenvalue weighted by Crippen LogP contribution is -2.21. The lowest BCUT2D eigenvalue weighted by molar-refractivity contribution is 0.262. The van der Waals surface area contributed by atoms with Crippen LogP contribution in [0.3, 0.4) is 0 Å². The van der Waals surface area contributed by atoms with Gasteiger partial charge >= 0.3 is 6.03 Å². The van der Waals surface area contributed by atoms with E-state index in [2.05, 4.69) is 65.6 Å². The number of benzene rings is 4. The molecule has 4 aromatic carbocycles. The molecule has 1 atom stereocenters. The van der Waals surface area contributed by atoms with Crippen molar-refractivity contribution in [2.45, 2.75) is 30.6 Å². The van der Waals surface area contributed by atoms with Crippen LogP contribution in [0.25, 0.3) is 27.4 Å². The van der Waals surface area contributed by atoms with E-state index in [-0.39, 0.29) is 9.96 Å². The van der Waals surface area contributed by atoms with E-state index in [4.69, 9.17) is 9.84 Å². The maximum Gasteiger partial charge on any atom is 0.324 e. The van der Waals surface area contributed by atoms with Gasteiger partial charge in [0.2, 0.25) is 11.8 Å². The molecule has 240 valence electrons. The van der Waals surface area contributed by atoms with E-state index in [9.17, 15) is 4.79 Å². The fourth-order valence-electron chi connectivity index (χ4n) is 5.43. The molecule has 0 aliphatic heterocycles. The third-order valence-electron chi connectivity index (χ3n) is 7.81. The zero-order valence-corrected chi connectivity index (χ0v) is 28.4. The van der Waals surface area contributed by atoms with Crippen LogP contribution in [0, 0.1) is 6.92 Å².